The van der Waals surface area contributed by atoms with Gasteiger partial charge in [0, 0.05) is 25.2 Å². The number of H-pyrrole nitrogens is 2. The minimum absolute atomic E-state index is 0.200. The molecule has 0 radical (unpaired) electrons. The van der Waals surface area contributed by atoms with Crippen molar-refractivity contribution in [2.45, 2.75) is 6.42 Å². The van der Waals surface area contributed by atoms with Crippen LogP contribution in [-0.2, 0) is 4.79 Å². The lowest BCUT2D eigenvalue weighted by atomic mass is 10.3. The Morgan fingerprint density at radius 2 is 1.88 bits per heavy atom. The standard InChI is InChI=1S/C4H6N2O2.C4H4N2O2/c2*7-3-1-2-5-4(8)6-3/h1-2H2,(H2,5,6,7,8);1-2H,(H2,5,6,7,8). The topological polar surface area (TPSA) is 124 Å². The van der Waals surface area contributed by atoms with Gasteiger partial charge >= 0.3 is 11.7 Å². The van der Waals surface area contributed by atoms with Crippen molar-refractivity contribution in [1.82, 2.24) is 20.6 Å². The molecule has 0 saturated carbocycles. The molecular weight excluding hydrogens is 216 g/mol. The fourth-order valence-electron chi connectivity index (χ4n) is 0.906. The molecule has 0 spiro atoms. The van der Waals surface area contributed by atoms with Crippen molar-refractivity contribution in [1.29, 1.82) is 0 Å². The Morgan fingerprint density at radius 3 is 2.25 bits per heavy atom. The number of hydrogen-bond donors (Lipinski definition) is 4. The maximum atomic E-state index is 10.3. The summed E-state index contributed by atoms with van der Waals surface area (Å²) in [5.74, 6) is -0.200. The molecule has 0 aliphatic carbocycles. The predicted molar refractivity (Wildman–Crippen MR) is 53.8 cm³/mol. The van der Waals surface area contributed by atoms with Gasteiger partial charge in [0.25, 0.3) is 5.56 Å². The average Bonchev–Trinajstić information content (AvgIpc) is 2.17. The van der Waals surface area contributed by atoms with E-state index in [4.69, 9.17) is 0 Å². The highest BCUT2D eigenvalue weighted by atomic mass is 16.2. The molecule has 4 N–H and O–H groups in total. The molecule has 1 fully saturated rings. The third kappa shape index (κ3) is 4.22. The zero-order chi connectivity index (χ0) is 12.0. The second-order valence-electron chi connectivity index (χ2n) is 2.85. The van der Waals surface area contributed by atoms with Crippen LogP contribution in [0, 0.1) is 0 Å². The quantitative estimate of drug-likeness (QED) is 0.420. The molecule has 8 heteroatoms. The van der Waals surface area contributed by atoms with Gasteiger partial charge in [0.15, 0.2) is 0 Å². The average molecular weight is 226 g/mol. The van der Waals surface area contributed by atoms with E-state index in [1.54, 1.807) is 0 Å². The lowest BCUT2D eigenvalue weighted by Gasteiger charge is -2.10. The van der Waals surface area contributed by atoms with Crippen LogP contribution in [0.25, 0.3) is 0 Å². The van der Waals surface area contributed by atoms with E-state index < -0.39 is 5.69 Å². The fourth-order valence-corrected chi connectivity index (χ4v) is 0.906. The van der Waals surface area contributed by atoms with Gasteiger partial charge in [-0.3, -0.25) is 19.9 Å². The number of imide groups is 1. The summed E-state index contributed by atoms with van der Waals surface area (Å²) in [6, 6.07) is 0.850. The summed E-state index contributed by atoms with van der Waals surface area (Å²) in [6.45, 7) is 0.463. The van der Waals surface area contributed by atoms with Crippen LogP contribution < -0.4 is 21.9 Å². The van der Waals surface area contributed by atoms with E-state index in [9.17, 15) is 19.2 Å². The molecule has 0 atom stereocenters. The molecule has 2 heterocycles. The largest absolute Gasteiger partial charge is 0.337 e. The van der Waals surface area contributed by atoms with E-state index in [2.05, 4.69) is 15.6 Å². The Kier molecular flexibility index (Phi) is 4.01. The van der Waals surface area contributed by atoms with Crippen molar-refractivity contribution in [3.63, 3.8) is 0 Å². The maximum Gasteiger partial charge on any atom is 0.325 e. The Morgan fingerprint density at radius 1 is 1.12 bits per heavy atom. The number of carbonyl (C=O) groups excluding carboxylic acids is 2. The Balaban J connectivity index is 0.000000160. The van der Waals surface area contributed by atoms with Crippen LogP contribution in [0.4, 0.5) is 4.79 Å². The Labute approximate surface area is 89.1 Å². The molecule has 86 valence electrons. The molecule has 2 rings (SSSR count). The molecule has 1 aliphatic heterocycles. The first-order chi connectivity index (χ1) is 7.58. The van der Waals surface area contributed by atoms with Gasteiger partial charge in [0.2, 0.25) is 5.91 Å². The molecule has 1 aliphatic rings. The number of aromatic amines is 2. The summed E-state index contributed by atoms with van der Waals surface area (Å²) >= 11 is 0. The first kappa shape index (κ1) is 11.7. The van der Waals surface area contributed by atoms with E-state index in [0.29, 0.717) is 13.0 Å². The lowest BCUT2D eigenvalue weighted by Crippen LogP contribution is -2.46. The van der Waals surface area contributed by atoms with Crippen LogP contribution in [0.2, 0.25) is 0 Å². The van der Waals surface area contributed by atoms with Gasteiger partial charge in [-0.25, -0.2) is 9.59 Å². The second kappa shape index (κ2) is 5.49. The summed E-state index contributed by atoms with van der Waals surface area (Å²) in [5.41, 5.74) is -0.855. The van der Waals surface area contributed by atoms with Crippen molar-refractivity contribution in [3.05, 3.63) is 33.1 Å². The van der Waals surface area contributed by atoms with Crippen LogP contribution in [0.3, 0.4) is 0 Å². The fraction of sp³-hybridized carbons (Fsp3) is 0.250. The minimum Gasteiger partial charge on any atom is -0.337 e. The van der Waals surface area contributed by atoms with E-state index in [0.717, 1.165) is 0 Å². The summed E-state index contributed by atoms with van der Waals surface area (Å²) in [5, 5.41) is 4.53. The molecule has 3 amide bonds. The van der Waals surface area contributed by atoms with Crippen LogP contribution in [0.1, 0.15) is 6.42 Å². The van der Waals surface area contributed by atoms with Crippen molar-refractivity contribution >= 4 is 11.9 Å². The molecule has 1 aromatic heterocycles. The smallest absolute Gasteiger partial charge is 0.325 e. The number of aromatic nitrogens is 2. The highest BCUT2D eigenvalue weighted by Crippen LogP contribution is 1.82. The summed E-state index contributed by atoms with van der Waals surface area (Å²) in [6.07, 6.45) is 1.69. The van der Waals surface area contributed by atoms with Crippen molar-refractivity contribution in [3.8, 4) is 0 Å². The van der Waals surface area contributed by atoms with E-state index >= 15 is 0 Å². The molecule has 0 unspecified atom stereocenters. The van der Waals surface area contributed by atoms with Crippen LogP contribution >= 0.6 is 0 Å². The zero-order valence-corrected chi connectivity index (χ0v) is 8.20. The van der Waals surface area contributed by atoms with Crippen molar-refractivity contribution in [2.75, 3.05) is 6.54 Å². The van der Waals surface area contributed by atoms with Gasteiger partial charge in [-0.1, -0.05) is 0 Å². The molecule has 0 bridgehead atoms. The van der Waals surface area contributed by atoms with Gasteiger partial charge in [0.1, 0.15) is 0 Å². The monoisotopic (exact) mass is 226 g/mol. The SMILES string of the molecule is O=C1CCNC(=O)N1.O=c1cc[nH]c(=O)[nH]1. The summed E-state index contributed by atoms with van der Waals surface area (Å²) in [4.78, 5) is 45.2. The van der Waals surface area contributed by atoms with Gasteiger partial charge in [-0.15, -0.1) is 0 Å². The van der Waals surface area contributed by atoms with E-state index in [1.807, 2.05) is 4.98 Å². The number of amides is 3. The molecule has 1 saturated heterocycles. The zero-order valence-electron chi connectivity index (χ0n) is 8.20. The normalized spacial score (nSPS) is 14.2. The van der Waals surface area contributed by atoms with E-state index in [1.165, 1.54) is 12.3 Å². The Bertz CT molecular complexity index is 450. The van der Waals surface area contributed by atoms with Gasteiger partial charge in [0.05, 0.1) is 0 Å². The Hall–Kier alpha value is -2.38. The summed E-state index contributed by atoms with van der Waals surface area (Å²) in [7, 11) is 0. The third-order valence-electron chi connectivity index (χ3n) is 1.58. The molecular formula is C8H10N4O4. The lowest BCUT2D eigenvalue weighted by molar-refractivity contribution is -0.120. The molecule has 8 nitrogen and oxygen atoms in total. The molecule has 0 aromatic carbocycles. The first-order valence-corrected chi connectivity index (χ1v) is 4.43. The summed E-state index contributed by atoms with van der Waals surface area (Å²) < 4.78 is 0. The van der Waals surface area contributed by atoms with Crippen LogP contribution in [-0.4, -0.2) is 28.5 Å². The molecule has 1 aromatic rings. The van der Waals surface area contributed by atoms with Crippen LogP contribution in [0.5, 0.6) is 0 Å². The van der Waals surface area contributed by atoms with Gasteiger partial charge in [-0.2, -0.15) is 0 Å². The van der Waals surface area contributed by atoms with Gasteiger partial charge < -0.3 is 10.3 Å². The van der Waals surface area contributed by atoms with Crippen LogP contribution in [0.15, 0.2) is 21.9 Å². The minimum atomic E-state index is -0.475. The number of nitrogens with one attached hydrogen (secondary N) is 4. The number of hydrogen-bond acceptors (Lipinski definition) is 4. The predicted octanol–water partition coefficient (Wildman–Crippen LogP) is -1.72. The number of carbonyl (C=O) groups is 2. The van der Waals surface area contributed by atoms with Gasteiger partial charge in [-0.05, 0) is 0 Å². The maximum absolute atomic E-state index is 10.3. The third-order valence-corrected chi connectivity index (χ3v) is 1.58. The molecule has 16 heavy (non-hydrogen) atoms. The van der Waals surface area contributed by atoms with Crippen molar-refractivity contribution in [2.24, 2.45) is 0 Å². The van der Waals surface area contributed by atoms with E-state index in [-0.39, 0.29) is 17.5 Å². The first-order valence-electron chi connectivity index (χ1n) is 4.43. The number of rotatable bonds is 0. The highest BCUT2D eigenvalue weighted by molar-refractivity contribution is 5.96. The second-order valence-corrected chi connectivity index (χ2v) is 2.85. The number of urea groups is 1. The highest BCUT2D eigenvalue weighted by Gasteiger charge is 2.11. The van der Waals surface area contributed by atoms with Crippen molar-refractivity contribution < 1.29 is 9.59 Å².